The van der Waals surface area contributed by atoms with Crippen LogP contribution in [0.5, 0.6) is 0 Å². The number of rotatable bonds is 4. The third-order valence-electron chi connectivity index (χ3n) is 11.2. The third-order valence-corrected chi connectivity index (χ3v) is 12.3. The highest BCUT2D eigenvalue weighted by Gasteiger charge is 2.50. The molecule has 1 aliphatic carbocycles. The van der Waals surface area contributed by atoms with Gasteiger partial charge in [0.05, 0.1) is 16.8 Å². The molecule has 252 valence electrons. The molecule has 2 aliphatic rings. The summed E-state index contributed by atoms with van der Waals surface area (Å²) in [5, 5.41) is 2.37. The van der Waals surface area contributed by atoms with Crippen molar-refractivity contribution in [2.45, 2.75) is 15.2 Å². The van der Waals surface area contributed by atoms with Gasteiger partial charge in [0.2, 0.25) is 0 Å². The van der Waals surface area contributed by atoms with Crippen molar-refractivity contribution >= 4 is 22.5 Å². The number of benzene rings is 8. The van der Waals surface area contributed by atoms with Crippen LogP contribution in [0, 0.1) is 0 Å². The molecule has 0 saturated heterocycles. The van der Waals surface area contributed by atoms with Crippen molar-refractivity contribution in [3.05, 3.63) is 216 Å². The first-order valence-electron chi connectivity index (χ1n) is 18.4. The van der Waals surface area contributed by atoms with Crippen molar-refractivity contribution in [1.29, 1.82) is 0 Å². The number of nitrogens with zero attached hydrogens (tertiary/aromatic N) is 2. The van der Waals surface area contributed by atoms with Gasteiger partial charge in [0, 0.05) is 26.5 Å². The molecule has 2 nitrogen and oxygen atoms in total. The first-order valence-corrected chi connectivity index (χ1v) is 19.2. The van der Waals surface area contributed by atoms with Gasteiger partial charge in [0.15, 0.2) is 5.82 Å². The lowest BCUT2D eigenvalue weighted by atomic mass is 9.67. The van der Waals surface area contributed by atoms with Gasteiger partial charge in [-0.2, -0.15) is 0 Å². The molecule has 54 heavy (non-hydrogen) atoms. The van der Waals surface area contributed by atoms with Gasteiger partial charge < -0.3 is 0 Å². The van der Waals surface area contributed by atoms with Gasteiger partial charge in [-0.3, -0.25) is 0 Å². The van der Waals surface area contributed by atoms with Gasteiger partial charge in [-0.05, 0) is 79.5 Å². The third kappa shape index (κ3) is 4.68. The quantitative estimate of drug-likeness (QED) is 0.182. The summed E-state index contributed by atoms with van der Waals surface area (Å²) in [4.78, 5) is 13.0. The van der Waals surface area contributed by atoms with Crippen molar-refractivity contribution in [3.63, 3.8) is 0 Å². The Kier molecular flexibility index (Phi) is 7.05. The number of fused-ring (bicyclic) bond motifs is 10. The fourth-order valence-corrected chi connectivity index (χ4v) is 10.0. The molecule has 0 saturated carbocycles. The van der Waals surface area contributed by atoms with Crippen LogP contribution in [0.25, 0.3) is 66.9 Å². The molecular formula is C51H32N2S. The number of hydrogen-bond donors (Lipinski definition) is 0. The second kappa shape index (κ2) is 12.3. The normalized spacial score (nSPS) is 13.3. The van der Waals surface area contributed by atoms with Gasteiger partial charge in [-0.15, -0.1) is 0 Å². The van der Waals surface area contributed by atoms with E-state index in [0.29, 0.717) is 5.82 Å². The summed E-state index contributed by atoms with van der Waals surface area (Å²) in [7, 11) is 0. The lowest BCUT2D eigenvalue weighted by Crippen LogP contribution is -2.31. The van der Waals surface area contributed by atoms with Crippen LogP contribution < -0.4 is 0 Å². The first kappa shape index (κ1) is 31.0. The molecule has 0 unspecified atom stereocenters. The minimum atomic E-state index is -0.380. The van der Waals surface area contributed by atoms with E-state index in [1.165, 1.54) is 59.5 Å². The molecule has 0 amide bonds. The Bertz CT molecular complexity index is 2880. The fraction of sp³-hybridized carbons (Fsp3) is 0.0196. The Hall–Kier alpha value is -6.55. The molecule has 9 aromatic rings. The van der Waals surface area contributed by atoms with Crippen LogP contribution in [0.3, 0.4) is 0 Å². The maximum absolute atomic E-state index is 5.26. The van der Waals surface area contributed by atoms with Crippen molar-refractivity contribution < 1.29 is 0 Å². The Balaban J connectivity index is 1.07. The van der Waals surface area contributed by atoms with Crippen molar-refractivity contribution in [2.75, 3.05) is 0 Å². The minimum absolute atomic E-state index is 0.380. The predicted molar refractivity (Wildman–Crippen MR) is 223 cm³/mol. The van der Waals surface area contributed by atoms with Crippen LogP contribution in [0.2, 0.25) is 0 Å². The summed E-state index contributed by atoms with van der Waals surface area (Å²) in [5.74, 6) is 0.709. The standard InChI is InChI=1S/C51H32N2S/c1-2-15-34(16-3-1)46-32-47(41-23-13-17-33-14-4-5-20-38(33)41)53-50(52-46)37-19-12-18-35(30-37)36-28-29-45-49(31-36)54-48-27-11-10-26-44(48)51(45)42-24-8-6-21-39(42)40-22-7-9-25-43(40)51/h1-32H. The average Bonchev–Trinajstić information content (AvgIpc) is 3.54. The first-order chi connectivity index (χ1) is 26.8. The van der Waals surface area contributed by atoms with E-state index in [-0.39, 0.29) is 5.41 Å². The average molecular weight is 705 g/mol. The van der Waals surface area contributed by atoms with Gasteiger partial charge >= 0.3 is 0 Å². The smallest absolute Gasteiger partial charge is 0.160 e. The van der Waals surface area contributed by atoms with E-state index in [0.717, 1.165) is 33.6 Å². The second-order valence-corrected chi connectivity index (χ2v) is 15.2. The van der Waals surface area contributed by atoms with E-state index in [4.69, 9.17) is 9.97 Å². The molecule has 0 radical (unpaired) electrons. The van der Waals surface area contributed by atoms with Crippen LogP contribution in [-0.2, 0) is 5.41 Å². The molecule has 0 bridgehead atoms. The number of aromatic nitrogens is 2. The van der Waals surface area contributed by atoms with Crippen LogP contribution >= 0.6 is 11.8 Å². The van der Waals surface area contributed by atoms with Gasteiger partial charge in [0.1, 0.15) is 0 Å². The molecule has 1 aromatic heterocycles. The summed E-state index contributed by atoms with van der Waals surface area (Å²) in [5.41, 5.74) is 14.9. The summed E-state index contributed by atoms with van der Waals surface area (Å²) in [6.07, 6.45) is 0. The van der Waals surface area contributed by atoms with E-state index in [2.05, 4.69) is 188 Å². The van der Waals surface area contributed by atoms with Crippen molar-refractivity contribution in [3.8, 4) is 56.2 Å². The van der Waals surface area contributed by atoms with Gasteiger partial charge in [-0.25, -0.2) is 9.97 Å². The van der Waals surface area contributed by atoms with E-state index >= 15 is 0 Å². The van der Waals surface area contributed by atoms with E-state index in [1.54, 1.807) is 0 Å². The second-order valence-electron chi connectivity index (χ2n) is 14.1. The Morgan fingerprint density at radius 1 is 0.352 bits per heavy atom. The highest BCUT2D eigenvalue weighted by Crippen LogP contribution is 2.62. The monoisotopic (exact) mass is 704 g/mol. The SMILES string of the molecule is c1ccc(-c2cc(-c3cccc4ccccc34)nc(-c3cccc(-c4ccc5c(c4)Sc4ccccc4C54c5ccccc5-c5ccccc54)c3)n2)cc1. The number of hydrogen-bond acceptors (Lipinski definition) is 3. The zero-order valence-corrected chi connectivity index (χ0v) is 30.1. The molecule has 8 aromatic carbocycles. The Morgan fingerprint density at radius 2 is 0.926 bits per heavy atom. The van der Waals surface area contributed by atoms with E-state index in [1.807, 2.05) is 17.8 Å². The molecule has 1 spiro atoms. The van der Waals surface area contributed by atoms with Crippen LogP contribution in [0.1, 0.15) is 22.3 Å². The lowest BCUT2D eigenvalue weighted by molar-refractivity contribution is 0.722. The molecule has 0 fully saturated rings. The molecule has 0 N–H and O–H groups in total. The maximum Gasteiger partial charge on any atom is 0.160 e. The minimum Gasteiger partial charge on any atom is -0.228 e. The van der Waals surface area contributed by atoms with Crippen molar-refractivity contribution in [1.82, 2.24) is 9.97 Å². The molecule has 11 rings (SSSR count). The van der Waals surface area contributed by atoms with Gasteiger partial charge in [-0.1, -0.05) is 182 Å². The Morgan fingerprint density at radius 3 is 1.76 bits per heavy atom. The molecule has 0 atom stereocenters. The summed E-state index contributed by atoms with van der Waals surface area (Å²) in [6.45, 7) is 0. The maximum atomic E-state index is 5.26. The highest BCUT2D eigenvalue weighted by molar-refractivity contribution is 7.99. The summed E-state index contributed by atoms with van der Waals surface area (Å²) < 4.78 is 0. The summed E-state index contributed by atoms with van der Waals surface area (Å²) in [6, 6.07) is 70.2. The van der Waals surface area contributed by atoms with Crippen LogP contribution in [0.15, 0.2) is 204 Å². The Labute approximate surface area is 318 Å². The fourth-order valence-electron chi connectivity index (χ4n) is 8.80. The van der Waals surface area contributed by atoms with Gasteiger partial charge in [0.25, 0.3) is 0 Å². The molecule has 2 heterocycles. The highest BCUT2D eigenvalue weighted by atomic mass is 32.2. The molecular weight excluding hydrogens is 673 g/mol. The predicted octanol–water partition coefficient (Wildman–Crippen LogP) is 13.1. The van der Waals surface area contributed by atoms with Crippen LogP contribution in [0.4, 0.5) is 0 Å². The molecule has 3 heteroatoms. The zero-order valence-electron chi connectivity index (χ0n) is 29.3. The topological polar surface area (TPSA) is 25.8 Å². The van der Waals surface area contributed by atoms with E-state index in [9.17, 15) is 0 Å². The lowest BCUT2D eigenvalue weighted by Gasteiger charge is -2.39. The summed E-state index contributed by atoms with van der Waals surface area (Å²) >= 11 is 1.88. The van der Waals surface area contributed by atoms with E-state index < -0.39 is 0 Å². The van der Waals surface area contributed by atoms with Crippen molar-refractivity contribution in [2.24, 2.45) is 0 Å². The molecule has 1 aliphatic heterocycles. The largest absolute Gasteiger partial charge is 0.228 e. The zero-order chi connectivity index (χ0) is 35.6. The van der Waals surface area contributed by atoms with Crippen LogP contribution in [-0.4, -0.2) is 9.97 Å².